The highest BCUT2D eigenvalue weighted by molar-refractivity contribution is 7.99. The van der Waals surface area contributed by atoms with Crippen molar-refractivity contribution in [3.63, 3.8) is 0 Å². The SMILES string of the molecule is O=C(CSc1nnc(-c2cccs2)n1C1CCCCC1)Nc1cccc(C(F)(F)F)c1. The molecule has 31 heavy (non-hydrogen) atoms. The molecule has 1 aliphatic rings. The Kier molecular flexibility index (Phi) is 6.66. The zero-order valence-electron chi connectivity index (χ0n) is 16.6. The highest BCUT2D eigenvalue weighted by Crippen LogP contribution is 2.37. The zero-order chi connectivity index (χ0) is 21.8. The van der Waals surface area contributed by atoms with Gasteiger partial charge in [-0.25, -0.2) is 0 Å². The van der Waals surface area contributed by atoms with Gasteiger partial charge in [0.15, 0.2) is 11.0 Å². The molecule has 0 radical (unpaired) electrons. The minimum atomic E-state index is -4.45. The molecular weight excluding hydrogens is 445 g/mol. The van der Waals surface area contributed by atoms with E-state index in [1.807, 2.05) is 17.5 Å². The number of nitrogens with one attached hydrogen (secondary N) is 1. The Hall–Kier alpha value is -2.33. The molecular formula is C21H21F3N4OS2. The number of aromatic nitrogens is 3. The summed E-state index contributed by atoms with van der Waals surface area (Å²) in [4.78, 5) is 13.4. The molecule has 1 fully saturated rings. The van der Waals surface area contributed by atoms with Gasteiger partial charge in [-0.15, -0.1) is 21.5 Å². The van der Waals surface area contributed by atoms with Crippen LogP contribution in [0.4, 0.5) is 18.9 Å². The van der Waals surface area contributed by atoms with Gasteiger partial charge in [-0.2, -0.15) is 13.2 Å². The van der Waals surface area contributed by atoms with Crippen LogP contribution in [-0.2, 0) is 11.0 Å². The van der Waals surface area contributed by atoms with Crippen molar-refractivity contribution < 1.29 is 18.0 Å². The number of amides is 1. The summed E-state index contributed by atoms with van der Waals surface area (Å²) >= 11 is 2.85. The van der Waals surface area contributed by atoms with E-state index in [0.29, 0.717) is 5.16 Å². The number of nitrogens with zero attached hydrogens (tertiary/aromatic N) is 3. The lowest BCUT2D eigenvalue weighted by Gasteiger charge is -2.25. The number of anilines is 1. The summed E-state index contributed by atoms with van der Waals surface area (Å²) in [6.45, 7) is 0. The van der Waals surface area contributed by atoms with E-state index >= 15 is 0 Å². The van der Waals surface area contributed by atoms with Gasteiger partial charge < -0.3 is 5.32 Å². The topological polar surface area (TPSA) is 59.8 Å². The quantitative estimate of drug-likeness (QED) is 0.436. The Balaban J connectivity index is 1.47. The van der Waals surface area contributed by atoms with Crippen LogP contribution in [0, 0.1) is 0 Å². The Morgan fingerprint density at radius 1 is 1.16 bits per heavy atom. The first-order valence-corrected chi connectivity index (χ1v) is 11.9. The molecule has 1 aromatic carbocycles. The van der Waals surface area contributed by atoms with Crippen LogP contribution in [0.15, 0.2) is 46.9 Å². The third kappa shape index (κ3) is 5.30. The maximum atomic E-state index is 12.9. The number of alkyl halides is 3. The lowest BCUT2D eigenvalue weighted by Crippen LogP contribution is -2.17. The smallest absolute Gasteiger partial charge is 0.325 e. The maximum Gasteiger partial charge on any atom is 0.416 e. The molecule has 2 aromatic heterocycles. The van der Waals surface area contributed by atoms with Crippen molar-refractivity contribution in [2.45, 2.75) is 49.5 Å². The minimum absolute atomic E-state index is 0.0333. The first kappa shape index (κ1) is 21.9. The molecule has 0 aliphatic heterocycles. The van der Waals surface area contributed by atoms with Gasteiger partial charge in [0, 0.05) is 11.7 Å². The molecule has 1 aliphatic carbocycles. The van der Waals surface area contributed by atoms with Crippen LogP contribution in [0.25, 0.3) is 10.7 Å². The van der Waals surface area contributed by atoms with E-state index < -0.39 is 11.7 Å². The highest BCUT2D eigenvalue weighted by Gasteiger charge is 2.30. The molecule has 164 valence electrons. The summed E-state index contributed by atoms with van der Waals surface area (Å²) in [6.07, 6.45) is 1.14. The molecule has 0 unspecified atom stereocenters. The minimum Gasteiger partial charge on any atom is -0.325 e. The third-order valence-electron chi connectivity index (χ3n) is 5.15. The van der Waals surface area contributed by atoms with Crippen molar-refractivity contribution in [3.8, 4) is 10.7 Å². The fourth-order valence-electron chi connectivity index (χ4n) is 3.72. The van der Waals surface area contributed by atoms with Crippen LogP contribution in [0.5, 0.6) is 0 Å². The fourth-order valence-corrected chi connectivity index (χ4v) is 5.23. The molecule has 10 heteroatoms. The van der Waals surface area contributed by atoms with Crippen LogP contribution in [0.3, 0.4) is 0 Å². The molecule has 1 N–H and O–H groups in total. The van der Waals surface area contributed by atoms with Gasteiger partial charge >= 0.3 is 6.18 Å². The maximum absolute atomic E-state index is 12.9. The molecule has 0 atom stereocenters. The predicted molar refractivity (Wildman–Crippen MR) is 116 cm³/mol. The summed E-state index contributed by atoms with van der Waals surface area (Å²) < 4.78 is 40.8. The second kappa shape index (κ2) is 9.44. The monoisotopic (exact) mass is 466 g/mol. The predicted octanol–water partition coefficient (Wildman–Crippen LogP) is 6.26. The summed E-state index contributed by atoms with van der Waals surface area (Å²) in [6, 6.07) is 8.88. The van der Waals surface area contributed by atoms with Crippen LogP contribution in [-0.4, -0.2) is 26.4 Å². The number of rotatable bonds is 6. The standard InChI is InChI=1S/C21H21F3N4OS2/c22-21(23,24)14-6-4-7-15(12-14)25-18(29)13-31-20-27-26-19(17-10-5-11-30-17)28(20)16-8-2-1-3-9-16/h4-7,10-12,16H,1-3,8-9,13H2,(H,25,29). The number of halogens is 3. The van der Waals surface area contributed by atoms with Crippen LogP contribution in [0.2, 0.25) is 0 Å². The van der Waals surface area contributed by atoms with E-state index in [9.17, 15) is 18.0 Å². The number of carbonyl (C=O) groups excluding carboxylic acids is 1. The fraction of sp³-hybridized carbons (Fsp3) is 0.381. The lowest BCUT2D eigenvalue weighted by atomic mass is 9.95. The van der Waals surface area contributed by atoms with Gasteiger partial charge in [-0.05, 0) is 42.5 Å². The van der Waals surface area contributed by atoms with Crippen LogP contribution in [0.1, 0.15) is 43.7 Å². The lowest BCUT2D eigenvalue weighted by molar-refractivity contribution is -0.137. The molecule has 2 heterocycles. The van der Waals surface area contributed by atoms with E-state index in [1.165, 1.54) is 30.3 Å². The molecule has 0 bridgehead atoms. The molecule has 3 aromatic rings. The summed E-state index contributed by atoms with van der Waals surface area (Å²) in [5, 5.41) is 13.9. The first-order chi connectivity index (χ1) is 14.9. The van der Waals surface area contributed by atoms with Crippen molar-refractivity contribution in [1.29, 1.82) is 0 Å². The van der Waals surface area contributed by atoms with E-state index in [1.54, 1.807) is 11.3 Å². The second-order valence-corrected chi connectivity index (χ2v) is 9.25. The summed E-state index contributed by atoms with van der Waals surface area (Å²) in [7, 11) is 0. The van der Waals surface area contributed by atoms with Crippen LogP contribution >= 0.6 is 23.1 Å². The average Bonchev–Trinajstić information content (AvgIpc) is 3.42. The third-order valence-corrected chi connectivity index (χ3v) is 6.96. The van der Waals surface area contributed by atoms with Gasteiger partial charge in [0.2, 0.25) is 5.91 Å². The number of benzene rings is 1. The van der Waals surface area contributed by atoms with Gasteiger partial charge in [0.1, 0.15) is 0 Å². The Labute approximate surface area is 186 Å². The van der Waals surface area contributed by atoms with Gasteiger partial charge in [-0.3, -0.25) is 9.36 Å². The Morgan fingerprint density at radius 2 is 1.97 bits per heavy atom. The first-order valence-electron chi connectivity index (χ1n) is 10.0. The van der Waals surface area contributed by atoms with E-state index in [0.717, 1.165) is 48.5 Å². The zero-order valence-corrected chi connectivity index (χ0v) is 18.2. The summed E-state index contributed by atoms with van der Waals surface area (Å²) in [5.74, 6) is 0.453. The molecule has 0 spiro atoms. The number of thiophene rings is 1. The Morgan fingerprint density at radius 3 is 2.68 bits per heavy atom. The number of carbonyl (C=O) groups is 1. The van der Waals surface area contributed by atoms with Gasteiger partial charge in [0.25, 0.3) is 0 Å². The van der Waals surface area contributed by atoms with E-state index in [-0.39, 0.29) is 23.4 Å². The van der Waals surface area contributed by atoms with Crippen molar-refractivity contribution >= 4 is 34.7 Å². The normalized spacial score (nSPS) is 15.2. The van der Waals surface area contributed by atoms with Gasteiger partial charge in [-0.1, -0.05) is 43.2 Å². The average molecular weight is 467 g/mol. The van der Waals surface area contributed by atoms with Gasteiger partial charge in [0.05, 0.1) is 16.2 Å². The van der Waals surface area contributed by atoms with Crippen LogP contribution < -0.4 is 5.32 Å². The molecule has 5 nitrogen and oxygen atoms in total. The van der Waals surface area contributed by atoms with Crippen molar-refractivity contribution in [2.24, 2.45) is 0 Å². The highest BCUT2D eigenvalue weighted by atomic mass is 32.2. The largest absolute Gasteiger partial charge is 0.416 e. The molecule has 0 saturated heterocycles. The number of hydrogen-bond donors (Lipinski definition) is 1. The van der Waals surface area contributed by atoms with Crippen molar-refractivity contribution in [1.82, 2.24) is 14.8 Å². The van der Waals surface area contributed by atoms with E-state index in [4.69, 9.17) is 0 Å². The Bertz CT molecular complexity index is 1030. The van der Waals surface area contributed by atoms with Crippen molar-refractivity contribution in [2.75, 3.05) is 11.1 Å². The molecule has 4 rings (SSSR count). The van der Waals surface area contributed by atoms with Crippen molar-refractivity contribution in [3.05, 3.63) is 47.3 Å². The summed E-state index contributed by atoms with van der Waals surface area (Å²) in [5.41, 5.74) is -0.677. The second-order valence-electron chi connectivity index (χ2n) is 7.36. The number of thioether (sulfide) groups is 1. The molecule has 1 amide bonds. The molecule has 1 saturated carbocycles. The van der Waals surface area contributed by atoms with E-state index in [2.05, 4.69) is 20.1 Å². The number of hydrogen-bond acceptors (Lipinski definition) is 5.